The summed E-state index contributed by atoms with van der Waals surface area (Å²) in [6.45, 7) is 0.255. The van der Waals surface area contributed by atoms with Crippen LogP contribution >= 0.6 is 0 Å². The number of hydrogen-bond donors (Lipinski definition) is 0. The van der Waals surface area contributed by atoms with E-state index < -0.39 is 0 Å². The van der Waals surface area contributed by atoms with Crippen LogP contribution < -0.4 is 0 Å². The lowest BCUT2D eigenvalue weighted by Gasteiger charge is -2.58. The minimum atomic E-state index is -0.347. The van der Waals surface area contributed by atoms with E-state index in [1.165, 1.54) is 6.42 Å². The van der Waals surface area contributed by atoms with Crippen molar-refractivity contribution in [1.29, 1.82) is 0 Å². The quantitative estimate of drug-likeness (QED) is 0.318. The van der Waals surface area contributed by atoms with Crippen LogP contribution in [0, 0.1) is 76.9 Å². The minimum Gasteiger partial charge on any atom is -0.395 e. The number of cyclic esters (lactones) is 2. The van der Waals surface area contributed by atoms with E-state index in [1.807, 2.05) is 0 Å². The summed E-state index contributed by atoms with van der Waals surface area (Å²) in [7, 11) is 0. The van der Waals surface area contributed by atoms with Gasteiger partial charge in [0.05, 0.1) is 17.8 Å². The summed E-state index contributed by atoms with van der Waals surface area (Å²) in [5, 5.41) is 0. The fourth-order valence-corrected chi connectivity index (χ4v) is 9.67. The Kier molecular flexibility index (Phi) is 2.33. The zero-order valence-corrected chi connectivity index (χ0v) is 14.2. The van der Waals surface area contributed by atoms with Crippen molar-refractivity contribution in [3.8, 4) is 0 Å². The minimum absolute atomic E-state index is 0.108. The first-order chi connectivity index (χ1) is 12.6. The second kappa shape index (κ2) is 4.23. The van der Waals surface area contributed by atoms with Crippen molar-refractivity contribution in [3.05, 3.63) is 0 Å². The van der Waals surface area contributed by atoms with Crippen molar-refractivity contribution in [2.45, 2.75) is 19.3 Å². The molecule has 13 atom stereocenters. The van der Waals surface area contributed by atoms with E-state index in [9.17, 15) is 19.2 Å². The number of carbonyl (C=O) groups is 4. The third kappa shape index (κ3) is 1.27. The topological polar surface area (TPSA) is 86.7 Å². The smallest absolute Gasteiger partial charge is 0.317 e. The Morgan fingerprint density at radius 1 is 0.808 bits per heavy atom. The first-order valence-electron chi connectivity index (χ1n) is 10.0. The molecule has 0 aromatic rings. The van der Waals surface area contributed by atoms with Crippen LogP contribution in [0.2, 0.25) is 0 Å². The lowest BCUT2D eigenvalue weighted by Crippen LogP contribution is -2.59. The second-order valence-electron chi connectivity index (χ2n) is 9.84. The van der Waals surface area contributed by atoms with Gasteiger partial charge in [0.15, 0.2) is 0 Å². The van der Waals surface area contributed by atoms with Crippen molar-refractivity contribution in [2.24, 2.45) is 76.9 Å². The molecule has 4 bridgehead atoms. The van der Waals surface area contributed by atoms with E-state index in [1.54, 1.807) is 0 Å². The van der Waals surface area contributed by atoms with Crippen LogP contribution in [0.25, 0.3) is 0 Å². The molecule has 136 valence electrons. The summed E-state index contributed by atoms with van der Waals surface area (Å²) < 4.78 is 9.61. The van der Waals surface area contributed by atoms with E-state index in [2.05, 4.69) is 4.74 Å². The summed E-state index contributed by atoms with van der Waals surface area (Å²) in [5.41, 5.74) is 0. The van der Waals surface area contributed by atoms with Crippen LogP contribution in [0.4, 0.5) is 0 Å². The zero-order valence-electron chi connectivity index (χ0n) is 14.2. The van der Waals surface area contributed by atoms with Gasteiger partial charge in [-0.3, -0.25) is 19.2 Å². The molecule has 7 fully saturated rings. The molecule has 13 unspecified atom stereocenters. The van der Waals surface area contributed by atoms with Gasteiger partial charge in [0.25, 0.3) is 0 Å². The molecule has 1 aliphatic heterocycles. The molecule has 1 saturated heterocycles. The number of fused-ring (bicyclic) bond motifs is 18. The summed E-state index contributed by atoms with van der Waals surface area (Å²) in [4.78, 5) is 46.9. The van der Waals surface area contributed by atoms with Gasteiger partial charge in [-0.05, 0) is 78.4 Å². The van der Waals surface area contributed by atoms with E-state index in [-0.39, 0.29) is 42.1 Å². The van der Waals surface area contributed by atoms with Gasteiger partial charge >= 0.3 is 24.4 Å². The van der Waals surface area contributed by atoms with Gasteiger partial charge < -0.3 is 9.47 Å². The third-order valence-electron chi connectivity index (χ3n) is 9.90. The Morgan fingerprint density at radius 2 is 1.35 bits per heavy atom. The maximum absolute atomic E-state index is 12.1. The molecule has 1 heterocycles. The monoisotopic (exact) mass is 356 g/mol. The highest BCUT2D eigenvalue weighted by Crippen LogP contribution is 2.81. The SMILES string of the molecule is O=COC(=O)C1CC2C3CC(C12)C1C2CC(C31)C1C3C(=O)OC(=O)C3C21. The van der Waals surface area contributed by atoms with Crippen molar-refractivity contribution < 1.29 is 28.7 Å². The van der Waals surface area contributed by atoms with Gasteiger partial charge in [0, 0.05) is 0 Å². The third-order valence-corrected chi connectivity index (χ3v) is 9.90. The molecule has 6 saturated carbocycles. The molecule has 0 spiro atoms. The largest absolute Gasteiger partial charge is 0.395 e. The van der Waals surface area contributed by atoms with Crippen molar-refractivity contribution in [3.63, 3.8) is 0 Å². The van der Waals surface area contributed by atoms with Crippen LogP contribution in [0.3, 0.4) is 0 Å². The van der Waals surface area contributed by atoms with Crippen LogP contribution in [-0.2, 0) is 28.7 Å². The lowest BCUT2D eigenvalue weighted by atomic mass is 9.44. The molecule has 26 heavy (non-hydrogen) atoms. The maximum Gasteiger partial charge on any atom is 0.317 e. The predicted molar refractivity (Wildman–Crippen MR) is 82.5 cm³/mol. The molecule has 6 aliphatic carbocycles. The Morgan fingerprint density at radius 3 is 2.00 bits per heavy atom. The fraction of sp³-hybridized carbons (Fsp3) is 0.800. The average molecular weight is 356 g/mol. The van der Waals surface area contributed by atoms with Crippen molar-refractivity contribution >= 4 is 24.4 Å². The molecule has 6 heteroatoms. The van der Waals surface area contributed by atoms with Gasteiger partial charge in [-0.1, -0.05) is 0 Å². The number of hydrogen-bond acceptors (Lipinski definition) is 6. The van der Waals surface area contributed by atoms with E-state index in [0.29, 0.717) is 59.2 Å². The summed E-state index contributed by atoms with van der Waals surface area (Å²) in [5.74, 6) is 3.90. The summed E-state index contributed by atoms with van der Waals surface area (Å²) >= 11 is 0. The molecule has 0 amide bonds. The van der Waals surface area contributed by atoms with Gasteiger partial charge in [0.2, 0.25) is 0 Å². The first kappa shape index (κ1) is 14.4. The molecule has 7 aliphatic rings. The molecule has 0 aromatic carbocycles. The van der Waals surface area contributed by atoms with E-state index >= 15 is 0 Å². The van der Waals surface area contributed by atoms with E-state index in [4.69, 9.17) is 4.74 Å². The number of esters is 3. The summed E-state index contributed by atoms with van der Waals surface area (Å²) in [6, 6.07) is 0. The Hall–Kier alpha value is -1.72. The first-order valence-corrected chi connectivity index (χ1v) is 10.0. The Bertz CT molecular complexity index is 789. The molecule has 0 N–H and O–H groups in total. The van der Waals surface area contributed by atoms with Crippen molar-refractivity contribution in [1.82, 2.24) is 0 Å². The highest BCUT2D eigenvalue weighted by atomic mass is 16.6. The second-order valence-corrected chi connectivity index (χ2v) is 9.84. The van der Waals surface area contributed by atoms with Gasteiger partial charge in [-0.15, -0.1) is 0 Å². The molecule has 7 rings (SSSR count). The highest BCUT2D eigenvalue weighted by Gasteiger charge is 2.80. The Labute approximate surface area is 150 Å². The van der Waals surface area contributed by atoms with Crippen LogP contribution in [-0.4, -0.2) is 24.4 Å². The van der Waals surface area contributed by atoms with Crippen molar-refractivity contribution in [2.75, 3.05) is 0 Å². The van der Waals surface area contributed by atoms with Gasteiger partial charge in [-0.25, -0.2) is 0 Å². The van der Waals surface area contributed by atoms with Crippen LogP contribution in [0.5, 0.6) is 0 Å². The zero-order chi connectivity index (χ0) is 17.5. The number of rotatable bonds is 2. The molecule has 0 radical (unpaired) electrons. The summed E-state index contributed by atoms with van der Waals surface area (Å²) in [6.07, 6.45) is 3.21. The normalized spacial score (nSPS) is 61.8. The van der Waals surface area contributed by atoms with Gasteiger partial charge in [0.1, 0.15) is 0 Å². The molecule has 0 aromatic heterocycles. The van der Waals surface area contributed by atoms with Crippen LogP contribution in [0.15, 0.2) is 0 Å². The van der Waals surface area contributed by atoms with E-state index in [0.717, 1.165) is 12.8 Å². The van der Waals surface area contributed by atoms with Gasteiger partial charge in [-0.2, -0.15) is 0 Å². The molecule has 6 nitrogen and oxygen atoms in total. The van der Waals surface area contributed by atoms with Crippen LogP contribution in [0.1, 0.15) is 19.3 Å². The predicted octanol–water partition coefficient (Wildman–Crippen LogP) is 1.03. The number of ether oxygens (including phenoxy) is 2. The molecular formula is C20H20O6. The highest BCUT2D eigenvalue weighted by molar-refractivity contribution is 5.98. The Balaban J connectivity index is 1.21. The maximum atomic E-state index is 12.1. The number of carbonyl (C=O) groups excluding carboxylic acids is 4. The average Bonchev–Trinajstić information content (AvgIpc) is 3.24. The fourth-order valence-electron chi connectivity index (χ4n) is 9.67. The lowest BCUT2D eigenvalue weighted by molar-refractivity contribution is -0.174. The standard InChI is InChI=1S/C20H20O6/c21-4-25-18(22)10-2-5-6-1-7(11(5)10)13-9-3-8(12(6)13)14-15(9)17-16(14)19(23)26-20(17)24/h4-17H,1-3H2. The molecular weight excluding hydrogens is 336 g/mol.